The van der Waals surface area contributed by atoms with Crippen LogP contribution in [-0.4, -0.2) is 44.9 Å². The van der Waals surface area contributed by atoms with Crippen molar-refractivity contribution < 1.29 is 14.6 Å². The fourth-order valence-corrected chi connectivity index (χ4v) is 4.73. The van der Waals surface area contributed by atoms with E-state index in [2.05, 4.69) is 36.3 Å². The van der Waals surface area contributed by atoms with Crippen LogP contribution in [0.3, 0.4) is 0 Å². The minimum absolute atomic E-state index is 0.00230. The Bertz CT molecular complexity index is 978. The minimum atomic E-state index is -0.811. The van der Waals surface area contributed by atoms with E-state index in [4.69, 9.17) is 4.74 Å². The average Bonchev–Trinajstić information content (AvgIpc) is 3.42. The Balaban J connectivity index is 1.48. The van der Waals surface area contributed by atoms with Crippen LogP contribution < -0.4 is 5.32 Å². The number of carbonyl (C=O) groups is 1. The molecule has 4 rings (SSSR count). The number of benzene rings is 1. The normalized spacial score (nSPS) is 20.9. The topological polar surface area (TPSA) is 76.4 Å². The van der Waals surface area contributed by atoms with Crippen molar-refractivity contribution in [3.8, 4) is 5.69 Å². The number of carbonyl (C=O) groups excluding carboxylic acids is 1. The number of nitrogens with one attached hydrogen (secondary N) is 1. The van der Waals surface area contributed by atoms with Gasteiger partial charge in [-0.25, -0.2) is 4.98 Å². The van der Waals surface area contributed by atoms with E-state index in [9.17, 15) is 9.90 Å². The van der Waals surface area contributed by atoms with Crippen molar-refractivity contribution in [2.45, 2.75) is 77.5 Å². The molecule has 6 nitrogen and oxygen atoms in total. The second kappa shape index (κ2) is 9.20. The molecule has 0 radical (unpaired) electrons. The molecular formula is C26H35N3O3. The quantitative estimate of drug-likeness (QED) is 0.677. The summed E-state index contributed by atoms with van der Waals surface area (Å²) in [6.07, 6.45) is 12.2. The molecular weight excluding hydrogens is 402 g/mol. The molecule has 0 atom stereocenters. The second-order valence-electron chi connectivity index (χ2n) is 10.1. The zero-order valence-corrected chi connectivity index (χ0v) is 19.6. The van der Waals surface area contributed by atoms with Gasteiger partial charge in [0.05, 0.1) is 24.6 Å². The standard InChI is InChI=1S/C26H35N3O3/c1-17(2)21-9-10-22-23(21)13-19(29-12-11-27-16-29)14-24(22)25(30)28-18-5-7-20(8-6-18)32-15-26(3,4)31/h9,11-14,16-18,20,31H,5-8,10,15H2,1-4H3,(H,28,30). The number of amides is 1. The molecule has 1 amide bonds. The highest BCUT2D eigenvalue weighted by Crippen LogP contribution is 2.36. The second-order valence-corrected chi connectivity index (χ2v) is 10.1. The van der Waals surface area contributed by atoms with Gasteiger partial charge < -0.3 is 19.7 Å². The Hall–Kier alpha value is -2.44. The van der Waals surface area contributed by atoms with Gasteiger partial charge in [0.15, 0.2) is 0 Å². The van der Waals surface area contributed by atoms with E-state index in [1.165, 1.54) is 11.1 Å². The lowest BCUT2D eigenvalue weighted by atomic mass is 9.91. The lowest BCUT2D eigenvalue weighted by Gasteiger charge is -2.31. The van der Waals surface area contributed by atoms with Gasteiger partial charge in [-0.3, -0.25) is 4.79 Å². The Morgan fingerprint density at radius 1 is 1.28 bits per heavy atom. The molecule has 1 saturated carbocycles. The average molecular weight is 438 g/mol. The number of aromatic nitrogens is 2. The van der Waals surface area contributed by atoms with Crippen molar-refractivity contribution in [1.82, 2.24) is 14.9 Å². The molecule has 172 valence electrons. The Labute approximate surface area is 190 Å². The summed E-state index contributed by atoms with van der Waals surface area (Å²) in [6.45, 7) is 8.25. The maximum Gasteiger partial charge on any atom is 0.251 e. The number of aliphatic hydroxyl groups is 1. The highest BCUT2D eigenvalue weighted by molar-refractivity contribution is 5.99. The summed E-state index contributed by atoms with van der Waals surface area (Å²) in [7, 11) is 0. The molecule has 6 heteroatoms. The van der Waals surface area contributed by atoms with Crippen LogP contribution in [0.15, 0.2) is 36.9 Å². The molecule has 0 spiro atoms. The minimum Gasteiger partial charge on any atom is -0.388 e. The lowest BCUT2D eigenvalue weighted by Crippen LogP contribution is -2.40. The summed E-state index contributed by atoms with van der Waals surface area (Å²) < 4.78 is 7.82. The van der Waals surface area contributed by atoms with Gasteiger partial charge in [0.2, 0.25) is 0 Å². The number of fused-ring (bicyclic) bond motifs is 1. The van der Waals surface area contributed by atoms with E-state index in [-0.39, 0.29) is 18.1 Å². The van der Waals surface area contributed by atoms with Gasteiger partial charge in [0, 0.05) is 29.7 Å². The molecule has 2 N–H and O–H groups in total. The van der Waals surface area contributed by atoms with E-state index in [0.29, 0.717) is 12.5 Å². The number of hydrogen-bond donors (Lipinski definition) is 2. The van der Waals surface area contributed by atoms with Crippen molar-refractivity contribution >= 4 is 11.5 Å². The summed E-state index contributed by atoms with van der Waals surface area (Å²) in [5.41, 5.74) is 4.52. The van der Waals surface area contributed by atoms with Gasteiger partial charge in [-0.1, -0.05) is 19.9 Å². The van der Waals surface area contributed by atoms with E-state index in [1.807, 2.05) is 16.8 Å². The zero-order chi connectivity index (χ0) is 22.9. The van der Waals surface area contributed by atoms with E-state index in [1.54, 1.807) is 26.4 Å². The summed E-state index contributed by atoms with van der Waals surface area (Å²) in [4.78, 5) is 17.6. The van der Waals surface area contributed by atoms with Crippen LogP contribution in [-0.2, 0) is 11.2 Å². The Morgan fingerprint density at radius 3 is 2.66 bits per heavy atom. The molecule has 2 aliphatic carbocycles. The molecule has 0 unspecified atom stereocenters. The Morgan fingerprint density at radius 2 is 2.03 bits per heavy atom. The van der Waals surface area contributed by atoms with Gasteiger partial charge in [-0.15, -0.1) is 0 Å². The fraction of sp³-hybridized carbons (Fsp3) is 0.538. The summed E-state index contributed by atoms with van der Waals surface area (Å²) in [6, 6.07) is 4.32. The molecule has 32 heavy (non-hydrogen) atoms. The molecule has 1 aromatic carbocycles. The maximum atomic E-state index is 13.4. The molecule has 1 aromatic heterocycles. The highest BCUT2D eigenvalue weighted by atomic mass is 16.5. The van der Waals surface area contributed by atoms with E-state index < -0.39 is 5.60 Å². The molecule has 0 bridgehead atoms. The van der Waals surface area contributed by atoms with Crippen LogP contribution in [0.5, 0.6) is 0 Å². The van der Waals surface area contributed by atoms with E-state index >= 15 is 0 Å². The first-order chi connectivity index (χ1) is 15.2. The number of allylic oxidation sites excluding steroid dienone is 2. The number of ether oxygens (including phenoxy) is 1. The van der Waals surface area contributed by atoms with Crippen molar-refractivity contribution in [3.05, 3.63) is 53.6 Å². The van der Waals surface area contributed by atoms with Gasteiger partial charge in [0.1, 0.15) is 0 Å². The van der Waals surface area contributed by atoms with Crippen LogP contribution >= 0.6 is 0 Å². The van der Waals surface area contributed by atoms with Gasteiger partial charge in [-0.05, 0) is 80.7 Å². The fourth-order valence-electron chi connectivity index (χ4n) is 4.73. The van der Waals surface area contributed by atoms with E-state index in [0.717, 1.165) is 48.9 Å². The van der Waals surface area contributed by atoms with Crippen LogP contribution in [0.1, 0.15) is 74.9 Å². The lowest BCUT2D eigenvalue weighted by molar-refractivity contribution is -0.0640. The van der Waals surface area contributed by atoms with Crippen molar-refractivity contribution in [3.63, 3.8) is 0 Å². The molecule has 2 aromatic rings. The van der Waals surface area contributed by atoms with Crippen LogP contribution in [0, 0.1) is 5.92 Å². The smallest absolute Gasteiger partial charge is 0.251 e. The van der Waals surface area contributed by atoms with Gasteiger partial charge >= 0.3 is 0 Å². The third-order valence-corrected chi connectivity index (χ3v) is 6.42. The van der Waals surface area contributed by atoms with Gasteiger partial charge in [0.25, 0.3) is 5.91 Å². The first-order valence-electron chi connectivity index (χ1n) is 11.7. The van der Waals surface area contributed by atoms with Gasteiger partial charge in [-0.2, -0.15) is 0 Å². The monoisotopic (exact) mass is 437 g/mol. The highest BCUT2D eigenvalue weighted by Gasteiger charge is 2.28. The van der Waals surface area contributed by atoms with Crippen molar-refractivity contribution in [2.24, 2.45) is 5.92 Å². The number of rotatable bonds is 7. The summed E-state index contributed by atoms with van der Waals surface area (Å²) in [5, 5.41) is 13.2. The number of nitrogens with zero attached hydrogens (tertiary/aromatic N) is 2. The zero-order valence-electron chi connectivity index (χ0n) is 19.6. The molecule has 1 heterocycles. The summed E-state index contributed by atoms with van der Waals surface area (Å²) >= 11 is 0. The van der Waals surface area contributed by atoms with Crippen LogP contribution in [0.25, 0.3) is 11.3 Å². The molecule has 2 aliphatic rings. The predicted molar refractivity (Wildman–Crippen MR) is 126 cm³/mol. The number of imidazole rings is 1. The van der Waals surface area contributed by atoms with Crippen LogP contribution in [0.4, 0.5) is 0 Å². The SMILES string of the molecule is CC(C)C1=CCc2c(C(=O)NC3CCC(OCC(C)(C)O)CC3)cc(-n3ccnc3)cc21. The predicted octanol–water partition coefficient (Wildman–Crippen LogP) is 4.30. The molecule has 0 saturated heterocycles. The third kappa shape index (κ3) is 5.13. The van der Waals surface area contributed by atoms with Crippen molar-refractivity contribution in [2.75, 3.05) is 6.61 Å². The first-order valence-corrected chi connectivity index (χ1v) is 11.7. The van der Waals surface area contributed by atoms with Crippen LogP contribution in [0.2, 0.25) is 0 Å². The maximum absolute atomic E-state index is 13.4. The first kappa shape index (κ1) is 22.7. The summed E-state index contributed by atoms with van der Waals surface area (Å²) in [5.74, 6) is 0.409. The number of hydrogen-bond acceptors (Lipinski definition) is 4. The largest absolute Gasteiger partial charge is 0.388 e. The molecule has 0 aliphatic heterocycles. The molecule has 1 fully saturated rings. The third-order valence-electron chi connectivity index (χ3n) is 6.42. The Kier molecular flexibility index (Phi) is 6.54. The van der Waals surface area contributed by atoms with Crippen molar-refractivity contribution in [1.29, 1.82) is 0 Å².